The molecule has 0 amide bonds. The molecule has 18 heavy (non-hydrogen) atoms. The van der Waals surface area contributed by atoms with Crippen molar-refractivity contribution < 1.29 is 9.53 Å². The van der Waals surface area contributed by atoms with Crippen molar-refractivity contribution in [1.82, 2.24) is 4.98 Å². The second-order valence-electron chi connectivity index (χ2n) is 4.55. The monoisotopic (exact) mass is 250 g/mol. The first kappa shape index (κ1) is 14.5. The summed E-state index contributed by atoms with van der Waals surface area (Å²) in [5, 5.41) is 3.16. The number of carbonyl (C=O) groups excluding carboxylic acids is 1. The Labute approximate surface area is 109 Å². The van der Waals surface area contributed by atoms with Crippen molar-refractivity contribution in [2.75, 3.05) is 11.9 Å². The number of aromatic nitrogens is 1. The van der Waals surface area contributed by atoms with E-state index in [-0.39, 0.29) is 12.0 Å². The molecule has 1 aromatic rings. The standard InChI is InChI=1S/C14H22N2O2/c1-4-5-6-10-18-14(17)12-8-7-9-13(16-12)15-11(2)3/h7-9,11H,4-6,10H2,1-3H3,(H,15,16). The van der Waals surface area contributed by atoms with Gasteiger partial charge in [-0.25, -0.2) is 9.78 Å². The lowest BCUT2D eigenvalue weighted by atomic mass is 10.3. The summed E-state index contributed by atoms with van der Waals surface area (Å²) in [5.41, 5.74) is 0.358. The predicted molar refractivity (Wildman–Crippen MR) is 72.8 cm³/mol. The van der Waals surface area contributed by atoms with Gasteiger partial charge in [-0.05, 0) is 32.4 Å². The van der Waals surface area contributed by atoms with Gasteiger partial charge in [0, 0.05) is 6.04 Å². The highest BCUT2D eigenvalue weighted by Crippen LogP contribution is 2.08. The van der Waals surface area contributed by atoms with E-state index in [4.69, 9.17) is 4.74 Å². The molecule has 0 radical (unpaired) electrons. The fourth-order valence-corrected chi connectivity index (χ4v) is 1.52. The van der Waals surface area contributed by atoms with Crippen molar-refractivity contribution in [1.29, 1.82) is 0 Å². The summed E-state index contributed by atoms with van der Waals surface area (Å²) >= 11 is 0. The van der Waals surface area contributed by atoms with Gasteiger partial charge in [0.05, 0.1) is 6.61 Å². The molecule has 0 saturated carbocycles. The molecular weight excluding hydrogens is 228 g/mol. The first-order valence-corrected chi connectivity index (χ1v) is 6.54. The normalized spacial score (nSPS) is 10.4. The highest BCUT2D eigenvalue weighted by atomic mass is 16.5. The molecule has 4 nitrogen and oxygen atoms in total. The second kappa shape index (κ2) is 7.69. The van der Waals surface area contributed by atoms with Gasteiger partial charge in [0.25, 0.3) is 0 Å². The van der Waals surface area contributed by atoms with Crippen LogP contribution in [0.15, 0.2) is 18.2 Å². The zero-order valence-corrected chi connectivity index (χ0v) is 11.4. The van der Waals surface area contributed by atoms with E-state index in [0.29, 0.717) is 18.1 Å². The number of nitrogens with zero attached hydrogens (tertiary/aromatic N) is 1. The van der Waals surface area contributed by atoms with Crippen LogP contribution in [0.25, 0.3) is 0 Å². The summed E-state index contributed by atoms with van der Waals surface area (Å²) in [6.45, 7) is 6.63. The van der Waals surface area contributed by atoms with Gasteiger partial charge >= 0.3 is 5.97 Å². The van der Waals surface area contributed by atoms with E-state index in [9.17, 15) is 4.79 Å². The average molecular weight is 250 g/mol. The second-order valence-corrected chi connectivity index (χ2v) is 4.55. The molecule has 0 unspecified atom stereocenters. The molecule has 0 aliphatic rings. The quantitative estimate of drug-likeness (QED) is 0.596. The van der Waals surface area contributed by atoms with Crippen LogP contribution in [0.3, 0.4) is 0 Å². The molecule has 1 N–H and O–H groups in total. The lowest BCUT2D eigenvalue weighted by Crippen LogP contribution is -2.14. The number of carbonyl (C=O) groups is 1. The maximum Gasteiger partial charge on any atom is 0.357 e. The number of ether oxygens (including phenoxy) is 1. The number of hydrogen-bond acceptors (Lipinski definition) is 4. The van der Waals surface area contributed by atoms with E-state index < -0.39 is 0 Å². The highest BCUT2D eigenvalue weighted by Gasteiger charge is 2.09. The Hall–Kier alpha value is -1.58. The Morgan fingerprint density at radius 1 is 1.39 bits per heavy atom. The number of esters is 1. The minimum atomic E-state index is -0.349. The molecule has 0 atom stereocenters. The summed E-state index contributed by atoms with van der Waals surface area (Å²) in [5.74, 6) is 0.353. The van der Waals surface area contributed by atoms with E-state index in [2.05, 4.69) is 17.2 Å². The van der Waals surface area contributed by atoms with Gasteiger partial charge in [-0.3, -0.25) is 0 Å². The molecule has 1 aromatic heterocycles. The molecule has 4 heteroatoms. The van der Waals surface area contributed by atoms with Crippen LogP contribution < -0.4 is 5.32 Å². The zero-order valence-electron chi connectivity index (χ0n) is 11.4. The Balaban J connectivity index is 2.51. The van der Waals surface area contributed by atoms with Crippen LogP contribution in [0.5, 0.6) is 0 Å². The zero-order chi connectivity index (χ0) is 13.4. The third-order valence-electron chi connectivity index (χ3n) is 2.38. The minimum absolute atomic E-state index is 0.285. The molecule has 0 fully saturated rings. The van der Waals surface area contributed by atoms with Crippen LogP contribution in [0.2, 0.25) is 0 Å². The van der Waals surface area contributed by atoms with Crippen molar-refractivity contribution in [3.8, 4) is 0 Å². The van der Waals surface area contributed by atoms with Crippen molar-refractivity contribution in [2.24, 2.45) is 0 Å². The Morgan fingerprint density at radius 2 is 2.17 bits per heavy atom. The Bertz CT molecular complexity index is 378. The molecule has 100 valence electrons. The van der Waals surface area contributed by atoms with Crippen LogP contribution in [0.4, 0.5) is 5.82 Å². The van der Waals surface area contributed by atoms with Crippen LogP contribution >= 0.6 is 0 Å². The number of hydrogen-bond donors (Lipinski definition) is 1. The van der Waals surface area contributed by atoms with Crippen LogP contribution in [-0.4, -0.2) is 23.6 Å². The SMILES string of the molecule is CCCCCOC(=O)c1cccc(NC(C)C)n1. The molecule has 0 aliphatic heterocycles. The molecule has 1 heterocycles. The fourth-order valence-electron chi connectivity index (χ4n) is 1.52. The maximum atomic E-state index is 11.7. The highest BCUT2D eigenvalue weighted by molar-refractivity contribution is 5.87. The lowest BCUT2D eigenvalue weighted by Gasteiger charge is -2.10. The first-order chi connectivity index (χ1) is 8.63. The molecule has 0 bridgehead atoms. The molecule has 1 rings (SSSR count). The number of pyridine rings is 1. The maximum absolute atomic E-state index is 11.7. The van der Waals surface area contributed by atoms with Crippen molar-refractivity contribution >= 4 is 11.8 Å². The predicted octanol–water partition coefficient (Wildman–Crippen LogP) is 3.25. The summed E-state index contributed by atoms with van der Waals surface area (Å²) in [7, 11) is 0. The van der Waals surface area contributed by atoms with E-state index in [1.54, 1.807) is 12.1 Å². The van der Waals surface area contributed by atoms with E-state index in [0.717, 1.165) is 19.3 Å². The number of nitrogens with one attached hydrogen (secondary N) is 1. The van der Waals surface area contributed by atoms with Gasteiger partial charge in [0.2, 0.25) is 0 Å². The molecule has 0 aromatic carbocycles. The van der Waals surface area contributed by atoms with Gasteiger partial charge in [0.1, 0.15) is 5.82 Å². The molecular formula is C14H22N2O2. The summed E-state index contributed by atoms with van der Waals surface area (Å²) in [6.07, 6.45) is 3.10. The summed E-state index contributed by atoms with van der Waals surface area (Å²) < 4.78 is 5.16. The Morgan fingerprint density at radius 3 is 2.83 bits per heavy atom. The molecule has 0 aliphatic carbocycles. The third kappa shape index (κ3) is 5.17. The van der Waals surface area contributed by atoms with Crippen molar-refractivity contribution in [3.63, 3.8) is 0 Å². The van der Waals surface area contributed by atoms with E-state index in [1.807, 2.05) is 19.9 Å². The van der Waals surface area contributed by atoms with E-state index >= 15 is 0 Å². The van der Waals surface area contributed by atoms with Gasteiger partial charge in [-0.2, -0.15) is 0 Å². The minimum Gasteiger partial charge on any atom is -0.461 e. The molecule has 0 saturated heterocycles. The largest absolute Gasteiger partial charge is 0.461 e. The van der Waals surface area contributed by atoms with Crippen LogP contribution in [-0.2, 0) is 4.74 Å². The molecule has 0 spiro atoms. The smallest absolute Gasteiger partial charge is 0.357 e. The van der Waals surface area contributed by atoms with E-state index in [1.165, 1.54) is 0 Å². The Kier molecular flexibility index (Phi) is 6.19. The van der Waals surface area contributed by atoms with Gasteiger partial charge < -0.3 is 10.1 Å². The van der Waals surface area contributed by atoms with Crippen molar-refractivity contribution in [3.05, 3.63) is 23.9 Å². The fraction of sp³-hybridized carbons (Fsp3) is 0.571. The van der Waals surface area contributed by atoms with Gasteiger partial charge in [0.15, 0.2) is 5.69 Å². The number of unbranched alkanes of at least 4 members (excludes halogenated alkanes) is 2. The van der Waals surface area contributed by atoms with Crippen LogP contribution in [0.1, 0.15) is 50.5 Å². The van der Waals surface area contributed by atoms with Crippen LogP contribution in [0, 0.1) is 0 Å². The first-order valence-electron chi connectivity index (χ1n) is 6.54. The third-order valence-corrected chi connectivity index (χ3v) is 2.38. The summed E-state index contributed by atoms with van der Waals surface area (Å²) in [4.78, 5) is 16.0. The number of rotatable bonds is 7. The average Bonchev–Trinajstić information content (AvgIpc) is 2.34. The summed E-state index contributed by atoms with van der Waals surface area (Å²) in [6, 6.07) is 5.61. The number of anilines is 1. The lowest BCUT2D eigenvalue weighted by molar-refractivity contribution is 0.0491. The van der Waals surface area contributed by atoms with Gasteiger partial charge in [-0.1, -0.05) is 25.8 Å². The van der Waals surface area contributed by atoms with Gasteiger partial charge in [-0.15, -0.1) is 0 Å². The van der Waals surface area contributed by atoms with Crippen molar-refractivity contribution in [2.45, 2.75) is 46.1 Å². The topological polar surface area (TPSA) is 51.2 Å².